The van der Waals surface area contributed by atoms with E-state index in [4.69, 9.17) is 8.83 Å². The Labute approximate surface area is 299 Å². The van der Waals surface area contributed by atoms with Crippen LogP contribution >= 0.6 is 0 Å². The molecule has 2 heteroatoms. The fourth-order valence-electron chi connectivity index (χ4n) is 8.42. The van der Waals surface area contributed by atoms with E-state index in [2.05, 4.69) is 158 Å². The molecule has 2 aromatic heterocycles. The minimum atomic E-state index is 0.840. The predicted octanol–water partition coefficient (Wildman–Crippen LogP) is 14.5. The van der Waals surface area contributed by atoms with Crippen LogP contribution in [-0.4, -0.2) is 0 Å². The van der Waals surface area contributed by atoms with Crippen molar-refractivity contribution in [1.29, 1.82) is 0 Å². The molecular weight excluding hydrogens is 633 g/mol. The maximum Gasteiger partial charge on any atom is 0.147 e. The summed E-state index contributed by atoms with van der Waals surface area (Å²) in [6.07, 6.45) is 0. The summed E-state index contributed by atoms with van der Waals surface area (Å²) in [5, 5.41) is 9.18. The summed E-state index contributed by atoms with van der Waals surface area (Å²) >= 11 is 0. The Morgan fingerprint density at radius 3 is 1.48 bits per heavy atom. The first-order valence-corrected chi connectivity index (χ1v) is 17.8. The molecule has 0 aliphatic rings. The van der Waals surface area contributed by atoms with Gasteiger partial charge in [-0.1, -0.05) is 158 Å². The van der Waals surface area contributed by atoms with Gasteiger partial charge in [-0.25, -0.2) is 0 Å². The van der Waals surface area contributed by atoms with Gasteiger partial charge >= 0.3 is 0 Å². The van der Waals surface area contributed by atoms with E-state index in [-0.39, 0.29) is 0 Å². The third-order valence-electron chi connectivity index (χ3n) is 10.7. The number of furan rings is 2. The molecule has 0 aliphatic heterocycles. The molecule has 11 aromatic rings. The standard InChI is InChI=1S/C50H30O2/c1-2-15-31(16-3-1)34-19-4-5-21-36(34)47-39-24-8-6-22-37(39)46(38-23-7-9-25-40(38)47)33-18-14-17-32(29-33)42-30-43-35-20-10-12-27-44(35)51-50(43)48-41-26-11-13-28-45(41)52-49(42)48/h1-30H. The molecule has 2 nitrogen and oxygen atoms in total. The summed E-state index contributed by atoms with van der Waals surface area (Å²) < 4.78 is 13.2. The minimum Gasteiger partial charge on any atom is -0.455 e. The highest BCUT2D eigenvalue weighted by molar-refractivity contribution is 6.26. The van der Waals surface area contributed by atoms with Gasteiger partial charge in [-0.15, -0.1) is 0 Å². The van der Waals surface area contributed by atoms with Crippen molar-refractivity contribution in [2.45, 2.75) is 0 Å². The monoisotopic (exact) mass is 662 g/mol. The molecule has 9 aromatic carbocycles. The molecule has 0 saturated carbocycles. The number of benzene rings is 9. The molecule has 0 radical (unpaired) electrons. The lowest BCUT2D eigenvalue weighted by atomic mass is 9.83. The van der Waals surface area contributed by atoms with Crippen LogP contribution in [0.1, 0.15) is 0 Å². The second kappa shape index (κ2) is 11.3. The summed E-state index contributed by atoms with van der Waals surface area (Å²) in [5.41, 5.74) is 12.9. The SMILES string of the molecule is c1ccc(-c2ccccc2-c2c3ccccc3c(-c3cccc(-c4cc5c6ccccc6oc5c5c4oc4ccccc45)c3)c3ccccc23)cc1. The van der Waals surface area contributed by atoms with Crippen molar-refractivity contribution in [2.24, 2.45) is 0 Å². The molecule has 0 unspecified atom stereocenters. The minimum absolute atomic E-state index is 0.840. The summed E-state index contributed by atoms with van der Waals surface area (Å²) in [5.74, 6) is 0. The van der Waals surface area contributed by atoms with Gasteiger partial charge in [0.25, 0.3) is 0 Å². The van der Waals surface area contributed by atoms with Crippen molar-refractivity contribution in [1.82, 2.24) is 0 Å². The third kappa shape index (κ3) is 4.25. The molecule has 11 rings (SSSR count). The first-order valence-electron chi connectivity index (χ1n) is 17.8. The molecule has 0 saturated heterocycles. The average molecular weight is 663 g/mol. The smallest absolute Gasteiger partial charge is 0.147 e. The Balaban J connectivity index is 1.20. The van der Waals surface area contributed by atoms with Gasteiger partial charge in [0.05, 0.1) is 5.39 Å². The lowest BCUT2D eigenvalue weighted by Gasteiger charge is -2.20. The average Bonchev–Trinajstić information content (AvgIpc) is 3.79. The highest BCUT2D eigenvalue weighted by atomic mass is 16.3. The van der Waals surface area contributed by atoms with E-state index in [0.29, 0.717) is 0 Å². The van der Waals surface area contributed by atoms with Gasteiger partial charge in [0.2, 0.25) is 0 Å². The van der Waals surface area contributed by atoms with E-state index in [1.807, 2.05) is 24.3 Å². The summed E-state index contributed by atoms with van der Waals surface area (Å²) in [6, 6.07) is 65.0. The molecule has 2 heterocycles. The quantitative estimate of drug-likeness (QED) is 0.175. The second-order valence-electron chi connectivity index (χ2n) is 13.5. The van der Waals surface area contributed by atoms with E-state index in [9.17, 15) is 0 Å². The van der Waals surface area contributed by atoms with Crippen molar-refractivity contribution in [2.75, 3.05) is 0 Å². The lowest BCUT2D eigenvalue weighted by Crippen LogP contribution is -1.93. The molecule has 0 spiro atoms. The van der Waals surface area contributed by atoms with Crippen LogP contribution in [0.4, 0.5) is 0 Å². The van der Waals surface area contributed by atoms with E-state index >= 15 is 0 Å². The van der Waals surface area contributed by atoms with Gasteiger partial charge in [0, 0.05) is 21.7 Å². The highest BCUT2D eigenvalue weighted by Crippen LogP contribution is 2.48. The van der Waals surface area contributed by atoms with Crippen LogP contribution in [0, 0.1) is 0 Å². The van der Waals surface area contributed by atoms with Crippen molar-refractivity contribution in [3.8, 4) is 44.5 Å². The zero-order valence-electron chi connectivity index (χ0n) is 28.1. The van der Waals surface area contributed by atoms with Crippen molar-refractivity contribution in [3.63, 3.8) is 0 Å². The van der Waals surface area contributed by atoms with E-state index in [0.717, 1.165) is 60.6 Å². The number of rotatable bonds is 4. The summed E-state index contributed by atoms with van der Waals surface area (Å²) in [6.45, 7) is 0. The van der Waals surface area contributed by atoms with E-state index in [1.165, 1.54) is 49.4 Å². The molecule has 242 valence electrons. The number of para-hydroxylation sites is 2. The molecule has 52 heavy (non-hydrogen) atoms. The highest BCUT2D eigenvalue weighted by Gasteiger charge is 2.22. The van der Waals surface area contributed by atoms with Crippen LogP contribution in [0.3, 0.4) is 0 Å². The lowest BCUT2D eigenvalue weighted by molar-refractivity contribution is 0.663. The van der Waals surface area contributed by atoms with Crippen molar-refractivity contribution >= 4 is 65.4 Å². The predicted molar refractivity (Wildman–Crippen MR) is 218 cm³/mol. The maximum absolute atomic E-state index is 6.68. The molecular formula is C50H30O2. The Bertz CT molecular complexity index is 3120. The number of hydrogen-bond donors (Lipinski definition) is 0. The van der Waals surface area contributed by atoms with Crippen LogP contribution in [0.2, 0.25) is 0 Å². The van der Waals surface area contributed by atoms with Crippen LogP contribution in [-0.2, 0) is 0 Å². The Hall–Kier alpha value is -6.90. The third-order valence-corrected chi connectivity index (χ3v) is 10.7. The molecule has 0 N–H and O–H groups in total. The van der Waals surface area contributed by atoms with Gasteiger partial charge in [-0.3, -0.25) is 0 Å². The van der Waals surface area contributed by atoms with Gasteiger partial charge in [0.1, 0.15) is 22.3 Å². The Morgan fingerprint density at radius 1 is 0.269 bits per heavy atom. The van der Waals surface area contributed by atoms with Gasteiger partial charge in [-0.2, -0.15) is 0 Å². The van der Waals surface area contributed by atoms with Gasteiger partial charge in [0.15, 0.2) is 0 Å². The van der Waals surface area contributed by atoms with Gasteiger partial charge in [-0.05, 0) is 84.8 Å². The first-order chi connectivity index (χ1) is 25.8. The maximum atomic E-state index is 6.68. The van der Waals surface area contributed by atoms with Crippen molar-refractivity contribution in [3.05, 3.63) is 182 Å². The van der Waals surface area contributed by atoms with Crippen LogP contribution < -0.4 is 0 Å². The second-order valence-corrected chi connectivity index (χ2v) is 13.5. The summed E-state index contributed by atoms with van der Waals surface area (Å²) in [4.78, 5) is 0. The first kappa shape index (κ1) is 28.9. The normalized spacial score (nSPS) is 11.8. The molecule has 0 amide bonds. The Kier molecular flexibility index (Phi) is 6.28. The van der Waals surface area contributed by atoms with E-state index in [1.54, 1.807) is 0 Å². The molecule has 0 fully saturated rings. The number of hydrogen-bond acceptors (Lipinski definition) is 2. The van der Waals surface area contributed by atoms with Gasteiger partial charge < -0.3 is 8.83 Å². The fraction of sp³-hybridized carbons (Fsp3) is 0. The molecule has 0 atom stereocenters. The Morgan fingerprint density at radius 2 is 0.769 bits per heavy atom. The fourth-order valence-corrected chi connectivity index (χ4v) is 8.42. The zero-order chi connectivity index (χ0) is 34.2. The van der Waals surface area contributed by atoms with Crippen LogP contribution in [0.5, 0.6) is 0 Å². The van der Waals surface area contributed by atoms with E-state index < -0.39 is 0 Å². The number of fused-ring (bicyclic) bond motifs is 9. The summed E-state index contributed by atoms with van der Waals surface area (Å²) in [7, 11) is 0. The molecule has 0 aliphatic carbocycles. The zero-order valence-corrected chi connectivity index (χ0v) is 28.1. The topological polar surface area (TPSA) is 26.3 Å². The van der Waals surface area contributed by atoms with Crippen LogP contribution in [0.25, 0.3) is 110 Å². The van der Waals surface area contributed by atoms with Crippen LogP contribution in [0.15, 0.2) is 191 Å². The largest absolute Gasteiger partial charge is 0.455 e. The van der Waals surface area contributed by atoms with Crippen molar-refractivity contribution < 1.29 is 8.83 Å². The molecule has 0 bridgehead atoms.